The maximum Gasteiger partial charge on any atom is 0.508 e. The molecule has 0 aliphatic heterocycles. The zero-order chi connectivity index (χ0) is 17.4. The van der Waals surface area contributed by atoms with Gasteiger partial charge in [0.15, 0.2) is 0 Å². The van der Waals surface area contributed by atoms with Crippen molar-refractivity contribution in [2.24, 2.45) is 0 Å². The number of hydrogen-bond donors (Lipinski definition) is 0. The second-order valence-corrected chi connectivity index (χ2v) is 5.30. The number of rotatable bonds is 5. The molecule has 130 valence electrons. The number of ether oxygens (including phenoxy) is 4. The van der Waals surface area contributed by atoms with Gasteiger partial charge in [-0.25, -0.2) is 9.59 Å². The first kappa shape index (κ1) is 17.8. The topological polar surface area (TPSA) is 71.1 Å². The lowest BCUT2D eigenvalue weighted by Gasteiger charge is -2.19. The maximum absolute atomic E-state index is 11.6. The van der Waals surface area contributed by atoms with Crippen LogP contribution in [-0.2, 0) is 18.9 Å². The molecule has 0 N–H and O–H groups in total. The highest BCUT2D eigenvalue weighted by Gasteiger charge is 2.37. The van der Waals surface area contributed by atoms with Crippen LogP contribution in [0.3, 0.4) is 0 Å². The third-order valence-electron chi connectivity index (χ3n) is 3.53. The molecular weight excluding hydrogens is 312 g/mol. The van der Waals surface area contributed by atoms with Crippen molar-refractivity contribution >= 4 is 18.4 Å². The lowest BCUT2D eigenvalue weighted by molar-refractivity contribution is -0.0415. The molecule has 2 atom stereocenters. The van der Waals surface area contributed by atoms with Crippen LogP contribution in [-0.4, -0.2) is 37.7 Å². The van der Waals surface area contributed by atoms with Gasteiger partial charge in [-0.2, -0.15) is 0 Å². The SMILES string of the molecule is CCOC(=O)OC1CC(=Cc2ccccc2)CC1OC(=O)OCC. The van der Waals surface area contributed by atoms with Crippen molar-refractivity contribution in [1.29, 1.82) is 0 Å². The van der Waals surface area contributed by atoms with E-state index in [2.05, 4.69) is 0 Å². The molecule has 24 heavy (non-hydrogen) atoms. The van der Waals surface area contributed by atoms with E-state index in [1.54, 1.807) is 13.8 Å². The zero-order valence-corrected chi connectivity index (χ0v) is 13.9. The standard InChI is InChI=1S/C18H22O6/c1-3-21-17(19)23-15-11-14(10-13-8-6-5-7-9-13)12-16(15)24-18(20)22-4-2/h5-10,15-16H,3-4,11-12H2,1-2H3. The first-order chi connectivity index (χ1) is 11.6. The highest BCUT2D eigenvalue weighted by Crippen LogP contribution is 2.32. The van der Waals surface area contributed by atoms with Gasteiger partial charge in [0, 0.05) is 12.8 Å². The highest BCUT2D eigenvalue weighted by molar-refractivity contribution is 5.62. The van der Waals surface area contributed by atoms with Gasteiger partial charge in [0.2, 0.25) is 0 Å². The summed E-state index contributed by atoms with van der Waals surface area (Å²) in [7, 11) is 0. The summed E-state index contributed by atoms with van der Waals surface area (Å²) in [5, 5.41) is 0. The molecule has 1 aliphatic carbocycles. The highest BCUT2D eigenvalue weighted by atomic mass is 16.8. The van der Waals surface area contributed by atoms with Gasteiger partial charge in [-0.3, -0.25) is 0 Å². The molecule has 0 saturated heterocycles. The third-order valence-corrected chi connectivity index (χ3v) is 3.53. The Bertz CT molecular complexity index is 550. The minimum absolute atomic E-state index is 0.224. The first-order valence-corrected chi connectivity index (χ1v) is 8.03. The molecule has 0 radical (unpaired) electrons. The number of carbonyl (C=O) groups excluding carboxylic acids is 2. The minimum Gasteiger partial charge on any atom is -0.435 e. The largest absolute Gasteiger partial charge is 0.508 e. The fraction of sp³-hybridized carbons (Fsp3) is 0.444. The summed E-state index contributed by atoms with van der Waals surface area (Å²) in [5.41, 5.74) is 2.07. The Morgan fingerprint density at radius 1 is 0.958 bits per heavy atom. The van der Waals surface area contributed by atoms with Crippen molar-refractivity contribution in [3.8, 4) is 0 Å². The van der Waals surface area contributed by atoms with Crippen LogP contribution in [0.4, 0.5) is 9.59 Å². The monoisotopic (exact) mass is 334 g/mol. The van der Waals surface area contributed by atoms with E-state index in [4.69, 9.17) is 18.9 Å². The lowest BCUT2D eigenvalue weighted by atomic mass is 10.1. The minimum atomic E-state index is -0.763. The van der Waals surface area contributed by atoms with E-state index in [0.29, 0.717) is 12.8 Å². The Morgan fingerprint density at radius 2 is 1.46 bits per heavy atom. The molecule has 1 aromatic carbocycles. The van der Waals surface area contributed by atoms with Gasteiger partial charge in [-0.1, -0.05) is 42.0 Å². The van der Waals surface area contributed by atoms with Gasteiger partial charge in [0.25, 0.3) is 0 Å². The van der Waals surface area contributed by atoms with Crippen LogP contribution < -0.4 is 0 Å². The van der Waals surface area contributed by atoms with Crippen LogP contribution in [0.15, 0.2) is 35.9 Å². The van der Waals surface area contributed by atoms with Crippen LogP contribution in [0.2, 0.25) is 0 Å². The average Bonchev–Trinajstić information content (AvgIpc) is 2.89. The Hall–Kier alpha value is -2.50. The van der Waals surface area contributed by atoms with Gasteiger partial charge in [-0.15, -0.1) is 0 Å². The summed E-state index contributed by atoms with van der Waals surface area (Å²) in [4.78, 5) is 23.2. The fourth-order valence-electron chi connectivity index (χ4n) is 2.55. The van der Waals surface area contributed by atoms with Crippen molar-refractivity contribution in [1.82, 2.24) is 0 Å². The quantitative estimate of drug-likeness (QED) is 0.759. The van der Waals surface area contributed by atoms with Crippen LogP contribution in [0.25, 0.3) is 6.08 Å². The molecule has 1 aromatic rings. The summed E-state index contributed by atoms with van der Waals surface area (Å²) < 4.78 is 20.2. The Labute approximate surface area is 141 Å². The van der Waals surface area contributed by atoms with E-state index in [-0.39, 0.29) is 13.2 Å². The van der Waals surface area contributed by atoms with Gasteiger partial charge in [-0.05, 0) is 19.4 Å². The summed E-state index contributed by atoms with van der Waals surface area (Å²) in [6, 6.07) is 9.79. The van der Waals surface area contributed by atoms with Crippen LogP contribution in [0.5, 0.6) is 0 Å². The van der Waals surface area contributed by atoms with Gasteiger partial charge >= 0.3 is 12.3 Å². The molecule has 6 nitrogen and oxygen atoms in total. The van der Waals surface area contributed by atoms with Gasteiger partial charge < -0.3 is 18.9 Å². The van der Waals surface area contributed by atoms with Crippen LogP contribution >= 0.6 is 0 Å². The summed E-state index contributed by atoms with van der Waals surface area (Å²) >= 11 is 0. The predicted molar refractivity (Wildman–Crippen MR) is 87.4 cm³/mol. The molecular formula is C18H22O6. The van der Waals surface area contributed by atoms with Crippen molar-refractivity contribution in [2.45, 2.75) is 38.9 Å². The number of hydrogen-bond acceptors (Lipinski definition) is 6. The zero-order valence-electron chi connectivity index (χ0n) is 13.9. The van der Waals surface area contributed by atoms with E-state index >= 15 is 0 Å². The normalized spacial score (nSPS) is 19.5. The molecule has 0 bridgehead atoms. The first-order valence-electron chi connectivity index (χ1n) is 8.03. The lowest BCUT2D eigenvalue weighted by Crippen LogP contribution is -2.31. The van der Waals surface area contributed by atoms with Crippen LogP contribution in [0, 0.1) is 0 Å². The molecule has 1 fully saturated rings. The van der Waals surface area contributed by atoms with Crippen LogP contribution in [0.1, 0.15) is 32.3 Å². The number of carbonyl (C=O) groups is 2. The summed E-state index contributed by atoms with van der Waals surface area (Å²) in [5.74, 6) is 0. The molecule has 2 rings (SSSR count). The number of benzene rings is 1. The smallest absolute Gasteiger partial charge is 0.435 e. The van der Waals surface area contributed by atoms with E-state index < -0.39 is 24.5 Å². The fourth-order valence-corrected chi connectivity index (χ4v) is 2.55. The van der Waals surface area contributed by atoms with E-state index in [1.807, 2.05) is 36.4 Å². The predicted octanol–water partition coefficient (Wildman–Crippen LogP) is 3.95. The molecule has 1 saturated carbocycles. The second-order valence-electron chi connectivity index (χ2n) is 5.30. The second kappa shape index (κ2) is 8.96. The van der Waals surface area contributed by atoms with Gasteiger partial charge in [0.1, 0.15) is 12.2 Å². The summed E-state index contributed by atoms with van der Waals surface area (Å²) in [6.45, 7) is 3.84. The average molecular weight is 334 g/mol. The summed E-state index contributed by atoms with van der Waals surface area (Å²) in [6.07, 6.45) is 0.291. The molecule has 0 amide bonds. The Balaban J connectivity index is 2.07. The van der Waals surface area contributed by atoms with E-state index in [0.717, 1.165) is 11.1 Å². The van der Waals surface area contributed by atoms with E-state index in [1.165, 1.54) is 0 Å². The third kappa shape index (κ3) is 5.30. The molecule has 1 aliphatic rings. The van der Waals surface area contributed by atoms with E-state index in [9.17, 15) is 9.59 Å². The van der Waals surface area contributed by atoms with Gasteiger partial charge in [0.05, 0.1) is 13.2 Å². The van der Waals surface area contributed by atoms with Crippen molar-refractivity contribution < 1.29 is 28.5 Å². The molecule has 0 heterocycles. The Morgan fingerprint density at radius 3 is 1.92 bits per heavy atom. The molecule has 2 unspecified atom stereocenters. The molecule has 0 spiro atoms. The Kier molecular flexibility index (Phi) is 6.66. The van der Waals surface area contributed by atoms with Crippen molar-refractivity contribution in [3.05, 3.63) is 41.5 Å². The van der Waals surface area contributed by atoms with Crippen molar-refractivity contribution in [3.63, 3.8) is 0 Å². The maximum atomic E-state index is 11.6. The molecule has 6 heteroatoms. The molecule has 0 aromatic heterocycles. The van der Waals surface area contributed by atoms with Crippen molar-refractivity contribution in [2.75, 3.05) is 13.2 Å².